The summed E-state index contributed by atoms with van der Waals surface area (Å²) in [6.45, 7) is 6.33. The predicted molar refractivity (Wildman–Crippen MR) is 161 cm³/mol. The summed E-state index contributed by atoms with van der Waals surface area (Å²) in [5, 5.41) is 4.04. The van der Waals surface area contributed by atoms with Gasteiger partial charge in [0.05, 0.1) is 11.3 Å². The topological polar surface area (TPSA) is 85.5 Å². The maximum atomic E-state index is 14.2. The van der Waals surface area contributed by atoms with Crippen molar-refractivity contribution in [1.82, 2.24) is 15.2 Å². The van der Waals surface area contributed by atoms with Gasteiger partial charge in [-0.25, -0.2) is 14.1 Å². The molecule has 6 rings (SSSR count). The van der Waals surface area contributed by atoms with Gasteiger partial charge in [-0.3, -0.25) is 14.5 Å². The molecule has 0 bridgehead atoms. The van der Waals surface area contributed by atoms with Crippen LogP contribution in [-0.4, -0.2) is 39.8 Å². The summed E-state index contributed by atoms with van der Waals surface area (Å²) in [6.07, 6.45) is 3.26. The number of fused-ring (bicyclic) bond motifs is 4. The van der Waals surface area contributed by atoms with Gasteiger partial charge in [-0.05, 0) is 60.7 Å². The molecule has 3 aromatic carbocycles. The lowest BCUT2D eigenvalue weighted by atomic mass is 9.89. The van der Waals surface area contributed by atoms with Gasteiger partial charge in [0, 0.05) is 29.1 Å². The van der Waals surface area contributed by atoms with Gasteiger partial charge in [-0.1, -0.05) is 69.2 Å². The number of H-pyrrole nitrogens is 1. The van der Waals surface area contributed by atoms with Gasteiger partial charge < -0.3 is 10.3 Å². The molecule has 2 aliphatic heterocycles. The number of hydrogen-bond donors (Lipinski definition) is 2. The third-order valence-corrected chi connectivity index (χ3v) is 8.42. The summed E-state index contributed by atoms with van der Waals surface area (Å²) < 4.78 is 13.9. The Hall–Kier alpha value is -4.46. The second kappa shape index (κ2) is 11.1. The Morgan fingerprint density at radius 3 is 2.45 bits per heavy atom. The molecular weight excluding hydrogens is 531 g/mol. The molecule has 1 saturated heterocycles. The van der Waals surface area contributed by atoms with Crippen molar-refractivity contribution in [2.45, 2.75) is 64.6 Å². The van der Waals surface area contributed by atoms with Gasteiger partial charge in [-0.2, -0.15) is 0 Å². The number of nitrogens with zero attached hydrogens (tertiary/aromatic N) is 2. The normalized spacial score (nSPS) is 18.9. The van der Waals surface area contributed by atoms with E-state index in [0.29, 0.717) is 17.9 Å². The lowest BCUT2D eigenvalue weighted by Crippen LogP contribution is -2.44. The number of carbonyl (C=O) groups excluding carboxylic acids is 3. The summed E-state index contributed by atoms with van der Waals surface area (Å²) in [5.74, 6) is -0.489. The highest BCUT2D eigenvalue weighted by molar-refractivity contribution is 6.24. The molecule has 0 saturated carbocycles. The van der Waals surface area contributed by atoms with E-state index < -0.39 is 18.1 Å². The van der Waals surface area contributed by atoms with Crippen LogP contribution in [0.3, 0.4) is 0 Å². The SMILES string of the molecule is CC(C)CCC[C@H](C)NC(=O)c1ccccc1N1C(=O)[C@@H]2Cc3c([nH]c4ccccc34)[C@H](c3ccc(F)cc3)N2C1=O. The van der Waals surface area contributed by atoms with Crippen LogP contribution in [0.1, 0.15) is 73.3 Å². The molecule has 8 heteroatoms. The van der Waals surface area contributed by atoms with Crippen molar-refractivity contribution in [3.8, 4) is 0 Å². The molecule has 0 unspecified atom stereocenters. The van der Waals surface area contributed by atoms with Crippen molar-refractivity contribution in [2.75, 3.05) is 4.90 Å². The van der Waals surface area contributed by atoms with E-state index in [1.165, 1.54) is 12.1 Å². The van der Waals surface area contributed by atoms with Crippen molar-refractivity contribution >= 4 is 34.4 Å². The van der Waals surface area contributed by atoms with Crippen molar-refractivity contribution in [1.29, 1.82) is 0 Å². The number of aromatic nitrogens is 1. The van der Waals surface area contributed by atoms with Gasteiger partial charge in [0.25, 0.3) is 11.8 Å². The number of imide groups is 1. The summed E-state index contributed by atoms with van der Waals surface area (Å²) >= 11 is 0. The number of hydrogen-bond acceptors (Lipinski definition) is 3. The molecular formula is C34H35FN4O3. The van der Waals surface area contributed by atoms with Crippen LogP contribution in [0, 0.1) is 11.7 Å². The minimum Gasteiger partial charge on any atom is -0.356 e. The summed E-state index contributed by atoms with van der Waals surface area (Å²) in [6, 6.07) is 18.7. The quantitative estimate of drug-likeness (QED) is 0.232. The minimum absolute atomic E-state index is 0.0539. The summed E-state index contributed by atoms with van der Waals surface area (Å²) in [7, 11) is 0. The van der Waals surface area contributed by atoms with Crippen molar-refractivity contribution in [2.24, 2.45) is 5.92 Å². The molecule has 4 amide bonds. The van der Waals surface area contributed by atoms with E-state index >= 15 is 0 Å². The Balaban J connectivity index is 1.36. The average Bonchev–Trinajstić information content (AvgIpc) is 3.46. The van der Waals surface area contributed by atoms with Crippen LogP contribution in [0.2, 0.25) is 0 Å². The van der Waals surface area contributed by atoms with Gasteiger partial charge in [0.2, 0.25) is 0 Å². The number of para-hydroxylation sites is 2. The van der Waals surface area contributed by atoms with E-state index in [1.54, 1.807) is 41.3 Å². The highest BCUT2D eigenvalue weighted by Crippen LogP contribution is 2.45. The van der Waals surface area contributed by atoms with Crippen LogP contribution in [0.15, 0.2) is 72.8 Å². The van der Waals surface area contributed by atoms with E-state index in [4.69, 9.17) is 0 Å². The first-order chi connectivity index (χ1) is 20.2. The Bertz CT molecular complexity index is 1660. The summed E-state index contributed by atoms with van der Waals surface area (Å²) in [4.78, 5) is 48.0. The first kappa shape index (κ1) is 27.7. The zero-order valence-corrected chi connectivity index (χ0v) is 24.1. The fraction of sp³-hybridized carbons (Fsp3) is 0.324. The van der Waals surface area contributed by atoms with Crippen LogP contribution < -0.4 is 10.2 Å². The summed E-state index contributed by atoms with van der Waals surface area (Å²) in [5.41, 5.74) is 3.92. The third kappa shape index (κ3) is 4.85. The zero-order chi connectivity index (χ0) is 29.5. The average molecular weight is 567 g/mol. The number of carbonyl (C=O) groups is 3. The van der Waals surface area contributed by atoms with Gasteiger partial charge in [-0.15, -0.1) is 0 Å². The van der Waals surface area contributed by atoms with Crippen LogP contribution in [0.25, 0.3) is 10.9 Å². The number of anilines is 1. The zero-order valence-electron chi connectivity index (χ0n) is 24.1. The fourth-order valence-corrected chi connectivity index (χ4v) is 6.35. The first-order valence-electron chi connectivity index (χ1n) is 14.7. The minimum atomic E-state index is -0.773. The fourth-order valence-electron chi connectivity index (χ4n) is 6.35. The first-order valence-corrected chi connectivity index (χ1v) is 14.7. The van der Waals surface area contributed by atoms with E-state index in [2.05, 4.69) is 24.1 Å². The lowest BCUT2D eigenvalue weighted by Gasteiger charge is -2.36. The molecule has 1 fully saturated rings. The standard InChI is InChI=1S/C34H35FN4O3/c1-20(2)9-8-10-21(3)36-32(40)25-12-5-7-14-28(25)39-33(41)29-19-26-24-11-4-6-13-27(24)37-30(26)31(38(29)34(39)42)22-15-17-23(35)18-16-22/h4-7,11-18,20-21,29,31,37H,8-10,19H2,1-3H3,(H,36,40)/t21-,29-,31-/m0/s1. The van der Waals surface area contributed by atoms with E-state index in [-0.39, 0.29) is 34.9 Å². The number of amides is 4. The predicted octanol–water partition coefficient (Wildman–Crippen LogP) is 6.73. The van der Waals surface area contributed by atoms with Crippen LogP contribution in [0.4, 0.5) is 14.9 Å². The molecule has 216 valence electrons. The number of nitrogens with one attached hydrogen (secondary N) is 2. The van der Waals surface area contributed by atoms with E-state index in [9.17, 15) is 18.8 Å². The van der Waals surface area contributed by atoms with Crippen LogP contribution in [0.5, 0.6) is 0 Å². The smallest absolute Gasteiger partial charge is 0.332 e. The Morgan fingerprint density at radius 2 is 1.69 bits per heavy atom. The van der Waals surface area contributed by atoms with E-state index in [0.717, 1.165) is 46.3 Å². The third-order valence-electron chi connectivity index (χ3n) is 8.42. The highest BCUT2D eigenvalue weighted by atomic mass is 19.1. The molecule has 2 N–H and O–H groups in total. The molecule has 42 heavy (non-hydrogen) atoms. The van der Waals surface area contributed by atoms with Crippen LogP contribution in [-0.2, 0) is 11.2 Å². The maximum absolute atomic E-state index is 14.2. The number of halogens is 1. The Labute approximate surface area is 244 Å². The number of rotatable bonds is 8. The van der Waals surface area contributed by atoms with Gasteiger partial charge in [0.15, 0.2) is 0 Å². The number of benzene rings is 3. The monoisotopic (exact) mass is 566 g/mol. The second-order valence-corrected chi connectivity index (χ2v) is 11.8. The second-order valence-electron chi connectivity index (χ2n) is 11.8. The molecule has 4 aromatic rings. The molecule has 1 aromatic heterocycles. The highest BCUT2D eigenvalue weighted by Gasteiger charge is 2.53. The molecule has 0 aliphatic carbocycles. The van der Waals surface area contributed by atoms with Crippen molar-refractivity contribution in [3.05, 3.63) is 101 Å². The molecule has 2 aliphatic rings. The number of urea groups is 1. The molecule has 0 spiro atoms. The molecule has 7 nitrogen and oxygen atoms in total. The Morgan fingerprint density at radius 1 is 0.976 bits per heavy atom. The molecule has 0 radical (unpaired) electrons. The lowest BCUT2D eigenvalue weighted by molar-refractivity contribution is -0.120. The maximum Gasteiger partial charge on any atom is 0.332 e. The van der Waals surface area contributed by atoms with Gasteiger partial charge >= 0.3 is 6.03 Å². The molecule has 3 heterocycles. The van der Waals surface area contributed by atoms with Crippen molar-refractivity contribution in [3.63, 3.8) is 0 Å². The van der Waals surface area contributed by atoms with E-state index in [1.807, 2.05) is 31.2 Å². The molecule has 3 atom stereocenters. The van der Waals surface area contributed by atoms with Gasteiger partial charge in [0.1, 0.15) is 17.9 Å². The van der Waals surface area contributed by atoms with Crippen LogP contribution >= 0.6 is 0 Å². The van der Waals surface area contributed by atoms with Crippen molar-refractivity contribution < 1.29 is 18.8 Å². The number of aromatic amines is 1. The Kier molecular flexibility index (Phi) is 7.31. The largest absolute Gasteiger partial charge is 0.356 e.